The van der Waals surface area contributed by atoms with Gasteiger partial charge in [0.1, 0.15) is 5.75 Å². The number of ether oxygens (including phenoxy) is 1. The molecule has 0 amide bonds. The standard InChI is InChI=1S/C12H15BrO2/c1-7-6-9(12(14)4-5-12)8(2)11(15-3)10(7)13/h6,14H,4-5H2,1-3H3. The molecule has 2 rings (SSSR count). The van der Waals surface area contributed by atoms with Crippen molar-refractivity contribution in [2.45, 2.75) is 32.3 Å². The quantitative estimate of drug-likeness (QED) is 0.895. The van der Waals surface area contributed by atoms with Gasteiger partial charge in [0.15, 0.2) is 0 Å². The zero-order valence-corrected chi connectivity index (χ0v) is 10.8. The molecule has 0 spiro atoms. The first-order valence-corrected chi connectivity index (χ1v) is 5.85. The highest BCUT2D eigenvalue weighted by Gasteiger charge is 2.44. The molecular weight excluding hydrogens is 256 g/mol. The second-order valence-electron chi connectivity index (χ2n) is 4.24. The Bertz CT molecular complexity index is 409. The molecule has 0 radical (unpaired) electrons. The van der Waals surface area contributed by atoms with Crippen molar-refractivity contribution in [1.29, 1.82) is 0 Å². The molecule has 0 heterocycles. The van der Waals surface area contributed by atoms with E-state index < -0.39 is 5.60 Å². The summed E-state index contributed by atoms with van der Waals surface area (Å²) in [6.45, 7) is 4.01. The zero-order chi connectivity index (χ0) is 11.2. The lowest BCUT2D eigenvalue weighted by molar-refractivity contribution is 0.150. The van der Waals surface area contributed by atoms with Crippen LogP contribution in [0.15, 0.2) is 10.5 Å². The third kappa shape index (κ3) is 1.68. The molecular formula is C12H15BrO2. The van der Waals surface area contributed by atoms with Crippen molar-refractivity contribution in [3.05, 3.63) is 27.2 Å². The molecule has 0 bridgehead atoms. The normalized spacial score (nSPS) is 17.7. The maximum absolute atomic E-state index is 10.1. The van der Waals surface area contributed by atoms with Crippen molar-refractivity contribution in [3.8, 4) is 5.75 Å². The summed E-state index contributed by atoms with van der Waals surface area (Å²) in [6, 6.07) is 2.05. The van der Waals surface area contributed by atoms with Crippen LogP contribution in [0.2, 0.25) is 0 Å². The molecule has 0 aromatic heterocycles. The molecule has 1 N–H and O–H groups in total. The van der Waals surface area contributed by atoms with Crippen molar-refractivity contribution in [3.63, 3.8) is 0 Å². The van der Waals surface area contributed by atoms with Crippen molar-refractivity contribution < 1.29 is 9.84 Å². The minimum Gasteiger partial charge on any atom is -0.495 e. The van der Waals surface area contributed by atoms with Gasteiger partial charge < -0.3 is 9.84 Å². The lowest BCUT2D eigenvalue weighted by Gasteiger charge is -2.18. The Kier molecular flexibility index (Phi) is 2.55. The highest BCUT2D eigenvalue weighted by molar-refractivity contribution is 9.10. The third-order valence-corrected chi connectivity index (χ3v) is 4.07. The minimum absolute atomic E-state index is 0.594. The van der Waals surface area contributed by atoms with Crippen LogP contribution in [0.3, 0.4) is 0 Å². The predicted molar refractivity (Wildman–Crippen MR) is 63.3 cm³/mol. The first-order valence-electron chi connectivity index (χ1n) is 5.06. The molecule has 0 unspecified atom stereocenters. The molecule has 0 atom stereocenters. The Morgan fingerprint density at radius 3 is 2.47 bits per heavy atom. The molecule has 1 saturated carbocycles. The second kappa shape index (κ2) is 3.49. The summed E-state index contributed by atoms with van der Waals surface area (Å²) in [5, 5.41) is 10.1. The van der Waals surface area contributed by atoms with Gasteiger partial charge >= 0.3 is 0 Å². The van der Waals surface area contributed by atoms with E-state index in [4.69, 9.17) is 4.74 Å². The summed E-state index contributed by atoms with van der Waals surface area (Å²) in [4.78, 5) is 0. The van der Waals surface area contributed by atoms with Gasteiger partial charge in [-0.3, -0.25) is 0 Å². The van der Waals surface area contributed by atoms with Gasteiger partial charge in [-0.2, -0.15) is 0 Å². The Labute approximate surface area is 98.4 Å². The molecule has 0 aliphatic heterocycles. The molecule has 0 saturated heterocycles. The molecule has 1 aromatic rings. The van der Waals surface area contributed by atoms with Crippen molar-refractivity contribution in [1.82, 2.24) is 0 Å². The molecule has 1 fully saturated rings. The lowest BCUT2D eigenvalue weighted by Crippen LogP contribution is -2.08. The van der Waals surface area contributed by atoms with Gasteiger partial charge in [0.25, 0.3) is 0 Å². The van der Waals surface area contributed by atoms with Crippen molar-refractivity contribution in [2.75, 3.05) is 7.11 Å². The average molecular weight is 271 g/mol. The van der Waals surface area contributed by atoms with Crippen LogP contribution >= 0.6 is 15.9 Å². The number of aliphatic hydroxyl groups is 1. The maximum Gasteiger partial charge on any atom is 0.136 e. The van der Waals surface area contributed by atoms with Crippen molar-refractivity contribution >= 4 is 15.9 Å². The second-order valence-corrected chi connectivity index (χ2v) is 5.04. The molecule has 1 aromatic carbocycles. The van der Waals surface area contributed by atoms with E-state index in [1.54, 1.807) is 7.11 Å². The number of aryl methyl sites for hydroxylation is 1. The molecule has 82 valence electrons. The fraction of sp³-hybridized carbons (Fsp3) is 0.500. The fourth-order valence-electron chi connectivity index (χ4n) is 1.97. The average Bonchev–Trinajstić information content (AvgIpc) is 2.92. The summed E-state index contributed by atoms with van der Waals surface area (Å²) in [7, 11) is 1.66. The summed E-state index contributed by atoms with van der Waals surface area (Å²) >= 11 is 3.51. The van der Waals surface area contributed by atoms with Crippen LogP contribution in [-0.4, -0.2) is 12.2 Å². The van der Waals surface area contributed by atoms with E-state index in [9.17, 15) is 5.11 Å². The Balaban J connectivity index is 2.62. The first-order chi connectivity index (χ1) is 6.99. The van der Waals surface area contributed by atoms with E-state index in [1.165, 1.54) is 0 Å². The van der Waals surface area contributed by atoms with Crippen LogP contribution in [0.1, 0.15) is 29.5 Å². The van der Waals surface area contributed by atoms with E-state index >= 15 is 0 Å². The van der Waals surface area contributed by atoms with Gasteiger partial charge in [-0.15, -0.1) is 0 Å². The van der Waals surface area contributed by atoms with Crippen molar-refractivity contribution in [2.24, 2.45) is 0 Å². The summed E-state index contributed by atoms with van der Waals surface area (Å²) in [5.74, 6) is 0.838. The Hall–Kier alpha value is -0.540. The monoisotopic (exact) mass is 270 g/mol. The largest absolute Gasteiger partial charge is 0.495 e. The van der Waals surface area contributed by atoms with Gasteiger partial charge in [0.05, 0.1) is 17.2 Å². The van der Waals surface area contributed by atoms with Crippen LogP contribution in [0, 0.1) is 13.8 Å². The van der Waals surface area contributed by atoms with Crippen LogP contribution in [0.4, 0.5) is 0 Å². The fourth-order valence-corrected chi connectivity index (χ4v) is 2.54. The molecule has 1 aliphatic rings. The molecule has 15 heavy (non-hydrogen) atoms. The predicted octanol–water partition coefficient (Wildman–Crippen LogP) is 3.06. The SMILES string of the molecule is COc1c(C)c(C2(O)CC2)cc(C)c1Br. The number of hydrogen-bond acceptors (Lipinski definition) is 2. The highest BCUT2D eigenvalue weighted by Crippen LogP contribution is 2.49. The van der Waals surface area contributed by atoms with Gasteiger partial charge in [0.2, 0.25) is 0 Å². The van der Waals surface area contributed by atoms with Crippen LogP contribution in [-0.2, 0) is 5.60 Å². The van der Waals surface area contributed by atoms with Gasteiger partial charge in [-0.05, 0) is 59.3 Å². The van der Waals surface area contributed by atoms with E-state index in [1.807, 2.05) is 13.8 Å². The van der Waals surface area contributed by atoms with Crippen LogP contribution < -0.4 is 4.74 Å². The minimum atomic E-state index is -0.594. The summed E-state index contributed by atoms with van der Waals surface area (Å²) in [5.41, 5.74) is 2.56. The van der Waals surface area contributed by atoms with E-state index in [-0.39, 0.29) is 0 Å². The molecule has 3 heteroatoms. The zero-order valence-electron chi connectivity index (χ0n) is 9.22. The summed E-state index contributed by atoms with van der Waals surface area (Å²) < 4.78 is 6.34. The third-order valence-electron chi connectivity index (χ3n) is 3.08. The number of methoxy groups -OCH3 is 1. The van der Waals surface area contributed by atoms with Crippen LogP contribution in [0.25, 0.3) is 0 Å². The molecule has 2 nitrogen and oxygen atoms in total. The number of hydrogen-bond donors (Lipinski definition) is 1. The van der Waals surface area contributed by atoms with Crippen LogP contribution in [0.5, 0.6) is 5.75 Å². The maximum atomic E-state index is 10.1. The van der Waals surface area contributed by atoms with Gasteiger partial charge in [-0.1, -0.05) is 6.07 Å². The first kappa shape index (κ1) is 11.0. The highest BCUT2D eigenvalue weighted by atomic mass is 79.9. The molecule has 1 aliphatic carbocycles. The smallest absolute Gasteiger partial charge is 0.136 e. The Morgan fingerprint density at radius 1 is 1.40 bits per heavy atom. The summed E-state index contributed by atoms with van der Waals surface area (Å²) in [6.07, 6.45) is 1.72. The topological polar surface area (TPSA) is 29.5 Å². The van der Waals surface area contributed by atoms with E-state index in [0.717, 1.165) is 39.8 Å². The number of halogens is 1. The van der Waals surface area contributed by atoms with Gasteiger partial charge in [0, 0.05) is 0 Å². The lowest BCUT2D eigenvalue weighted by atomic mass is 9.98. The number of benzene rings is 1. The Morgan fingerprint density at radius 2 is 2.00 bits per heavy atom. The van der Waals surface area contributed by atoms with Gasteiger partial charge in [-0.25, -0.2) is 0 Å². The van der Waals surface area contributed by atoms with E-state index in [2.05, 4.69) is 22.0 Å². The van der Waals surface area contributed by atoms with E-state index in [0.29, 0.717) is 0 Å². The number of rotatable bonds is 2.